The van der Waals surface area contributed by atoms with Crippen molar-refractivity contribution in [2.75, 3.05) is 0 Å². The zero-order valence-corrected chi connectivity index (χ0v) is 12.2. The second-order valence-corrected chi connectivity index (χ2v) is 5.30. The SMILES string of the molecule is CCCCCC1=CC/C(=C\c2ccc(C(=O)[O-])cc2)C1=O. The third-order valence-electron chi connectivity index (χ3n) is 3.69. The Kier molecular flexibility index (Phi) is 5.09. The zero-order valence-electron chi connectivity index (χ0n) is 12.2. The van der Waals surface area contributed by atoms with Crippen LogP contribution in [0.3, 0.4) is 0 Å². The molecule has 2 rings (SSSR count). The average Bonchev–Trinajstić information content (AvgIpc) is 2.81. The highest BCUT2D eigenvalue weighted by atomic mass is 16.4. The van der Waals surface area contributed by atoms with Crippen LogP contribution < -0.4 is 5.11 Å². The number of benzene rings is 1. The highest BCUT2D eigenvalue weighted by molar-refractivity contribution is 6.13. The fraction of sp³-hybridized carbons (Fsp3) is 0.333. The van der Waals surface area contributed by atoms with Crippen molar-refractivity contribution in [1.29, 1.82) is 0 Å². The van der Waals surface area contributed by atoms with Crippen molar-refractivity contribution in [3.8, 4) is 0 Å². The number of unbranched alkanes of at least 4 members (excludes halogenated alkanes) is 2. The molecule has 0 N–H and O–H groups in total. The van der Waals surface area contributed by atoms with Crippen molar-refractivity contribution in [2.45, 2.75) is 39.0 Å². The second-order valence-electron chi connectivity index (χ2n) is 5.30. The molecule has 0 saturated heterocycles. The molecule has 0 unspecified atom stereocenters. The normalized spacial score (nSPS) is 16.3. The second kappa shape index (κ2) is 7.02. The number of carboxylic acids is 1. The molecule has 110 valence electrons. The van der Waals surface area contributed by atoms with Crippen LogP contribution in [0.15, 0.2) is 41.5 Å². The standard InChI is InChI=1S/C18H20O3/c1-2-3-4-5-14-10-11-16(17(14)19)12-13-6-8-15(9-7-13)18(20)21/h6-10,12H,2-5,11H2,1H3,(H,20,21)/p-1/b16-12+. The Balaban J connectivity index is 2.03. The Hall–Kier alpha value is -2.16. The lowest BCUT2D eigenvalue weighted by Crippen LogP contribution is -2.21. The summed E-state index contributed by atoms with van der Waals surface area (Å²) < 4.78 is 0. The lowest BCUT2D eigenvalue weighted by atomic mass is 10.0. The molecule has 21 heavy (non-hydrogen) atoms. The van der Waals surface area contributed by atoms with Crippen molar-refractivity contribution < 1.29 is 14.7 Å². The van der Waals surface area contributed by atoms with E-state index in [-0.39, 0.29) is 11.3 Å². The van der Waals surface area contributed by atoms with E-state index in [1.807, 2.05) is 12.2 Å². The van der Waals surface area contributed by atoms with Gasteiger partial charge < -0.3 is 9.90 Å². The topological polar surface area (TPSA) is 57.2 Å². The molecule has 3 heteroatoms. The molecule has 0 radical (unpaired) electrons. The fourth-order valence-electron chi connectivity index (χ4n) is 2.45. The third-order valence-corrected chi connectivity index (χ3v) is 3.69. The number of carbonyl (C=O) groups is 2. The van der Waals surface area contributed by atoms with Crippen LogP contribution in [0.2, 0.25) is 0 Å². The van der Waals surface area contributed by atoms with Crippen molar-refractivity contribution in [3.05, 3.63) is 52.6 Å². The third kappa shape index (κ3) is 3.91. The summed E-state index contributed by atoms with van der Waals surface area (Å²) in [4.78, 5) is 22.9. The molecule has 0 saturated carbocycles. The number of Topliss-reactive ketones (excluding diaryl/α,β-unsaturated/α-hetero) is 1. The first-order chi connectivity index (χ1) is 10.1. The number of ketones is 1. The Morgan fingerprint density at radius 2 is 1.95 bits per heavy atom. The van der Waals surface area contributed by atoms with E-state index in [0.717, 1.165) is 42.4 Å². The Labute approximate surface area is 125 Å². The maximum atomic E-state index is 12.2. The molecular formula is C18H19O3-. The lowest BCUT2D eigenvalue weighted by molar-refractivity contribution is -0.255. The van der Waals surface area contributed by atoms with Crippen LogP contribution in [0.5, 0.6) is 0 Å². The number of hydrogen-bond donors (Lipinski definition) is 0. The van der Waals surface area contributed by atoms with E-state index in [0.29, 0.717) is 6.42 Å². The van der Waals surface area contributed by atoms with Gasteiger partial charge in [-0.3, -0.25) is 4.79 Å². The summed E-state index contributed by atoms with van der Waals surface area (Å²) in [5.41, 5.74) is 2.68. The average molecular weight is 283 g/mol. The molecule has 0 aliphatic heterocycles. The summed E-state index contributed by atoms with van der Waals surface area (Å²) in [6.45, 7) is 2.15. The molecule has 0 aromatic heterocycles. The van der Waals surface area contributed by atoms with Crippen LogP contribution in [0.25, 0.3) is 6.08 Å². The molecular weight excluding hydrogens is 264 g/mol. The van der Waals surface area contributed by atoms with Gasteiger partial charge in [0.2, 0.25) is 0 Å². The van der Waals surface area contributed by atoms with E-state index in [1.165, 1.54) is 12.1 Å². The molecule has 1 aromatic rings. The van der Waals surface area contributed by atoms with E-state index in [1.54, 1.807) is 12.1 Å². The van der Waals surface area contributed by atoms with Crippen LogP contribution in [-0.2, 0) is 4.79 Å². The summed E-state index contributed by atoms with van der Waals surface area (Å²) in [6.07, 6.45) is 8.73. The molecule has 0 heterocycles. The zero-order chi connectivity index (χ0) is 15.2. The first-order valence-electron chi connectivity index (χ1n) is 7.37. The molecule has 0 atom stereocenters. The Bertz CT molecular complexity index is 591. The first-order valence-corrected chi connectivity index (χ1v) is 7.37. The smallest absolute Gasteiger partial charge is 0.185 e. The van der Waals surface area contributed by atoms with Crippen LogP contribution >= 0.6 is 0 Å². The summed E-state index contributed by atoms with van der Waals surface area (Å²) >= 11 is 0. The van der Waals surface area contributed by atoms with Gasteiger partial charge in [0.05, 0.1) is 5.97 Å². The predicted molar refractivity (Wildman–Crippen MR) is 80.6 cm³/mol. The van der Waals surface area contributed by atoms with Crippen molar-refractivity contribution >= 4 is 17.8 Å². The van der Waals surface area contributed by atoms with E-state index in [9.17, 15) is 14.7 Å². The minimum Gasteiger partial charge on any atom is -0.545 e. The van der Waals surface area contributed by atoms with E-state index >= 15 is 0 Å². The van der Waals surface area contributed by atoms with Gasteiger partial charge in [0.25, 0.3) is 0 Å². The van der Waals surface area contributed by atoms with Gasteiger partial charge in [-0.2, -0.15) is 0 Å². The van der Waals surface area contributed by atoms with Crippen LogP contribution in [0.4, 0.5) is 0 Å². The van der Waals surface area contributed by atoms with E-state index in [2.05, 4.69) is 6.92 Å². The maximum absolute atomic E-state index is 12.2. The largest absolute Gasteiger partial charge is 0.545 e. The number of hydrogen-bond acceptors (Lipinski definition) is 3. The van der Waals surface area contributed by atoms with Gasteiger partial charge in [-0.15, -0.1) is 0 Å². The highest BCUT2D eigenvalue weighted by Gasteiger charge is 2.20. The number of rotatable bonds is 6. The number of aromatic carboxylic acids is 1. The van der Waals surface area contributed by atoms with Crippen LogP contribution in [-0.4, -0.2) is 11.8 Å². The lowest BCUT2D eigenvalue weighted by Gasteiger charge is -2.03. The molecule has 0 spiro atoms. The van der Waals surface area contributed by atoms with Crippen molar-refractivity contribution in [1.82, 2.24) is 0 Å². The maximum Gasteiger partial charge on any atom is 0.185 e. The van der Waals surface area contributed by atoms with Gasteiger partial charge in [-0.05, 0) is 42.0 Å². The summed E-state index contributed by atoms with van der Waals surface area (Å²) in [6, 6.07) is 6.38. The fourth-order valence-corrected chi connectivity index (χ4v) is 2.45. The Morgan fingerprint density at radius 3 is 2.57 bits per heavy atom. The van der Waals surface area contributed by atoms with Gasteiger partial charge in [-0.25, -0.2) is 0 Å². The molecule has 0 fully saturated rings. The summed E-state index contributed by atoms with van der Waals surface area (Å²) in [5.74, 6) is -1.05. The molecule has 1 aromatic carbocycles. The van der Waals surface area contributed by atoms with Crippen LogP contribution in [0, 0.1) is 0 Å². The number of allylic oxidation sites excluding steroid dienone is 3. The molecule has 0 bridgehead atoms. The van der Waals surface area contributed by atoms with E-state index < -0.39 is 5.97 Å². The molecule has 1 aliphatic rings. The van der Waals surface area contributed by atoms with Gasteiger partial charge >= 0.3 is 0 Å². The van der Waals surface area contributed by atoms with Gasteiger partial charge in [0, 0.05) is 5.57 Å². The van der Waals surface area contributed by atoms with Crippen molar-refractivity contribution in [2.24, 2.45) is 0 Å². The molecule has 1 aliphatic carbocycles. The quantitative estimate of drug-likeness (QED) is 0.596. The van der Waals surface area contributed by atoms with Gasteiger partial charge in [0.15, 0.2) is 5.78 Å². The number of carbonyl (C=O) groups excluding carboxylic acids is 2. The monoisotopic (exact) mass is 283 g/mol. The minimum atomic E-state index is -1.19. The highest BCUT2D eigenvalue weighted by Crippen LogP contribution is 2.26. The van der Waals surface area contributed by atoms with Gasteiger partial charge in [-0.1, -0.05) is 50.1 Å². The van der Waals surface area contributed by atoms with Crippen LogP contribution in [0.1, 0.15) is 54.9 Å². The predicted octanol–water partition coefficient (Wildman–Crippen LogP) is 2.91. The molecule has 3 nitrogen and oxygen atoms in total. The summed E-state index contributed by atoms with van der Waals surface area (Å²) in [7, 11) is 0. The van der Waals surface area contributed by atoms with Gasteiger partial charge in [0.1, 0.15) is 0 Å². The minimum absolute atomic E-state index is 0.134. The number of carboxylic acid groups (broad SMARTS) is 1. The van der Waals surface area contributed by atoms with E-state index in [4.69, 9.17) is 0 Å². The summed E-state index contributed by atoms with van der Waals surface area (Å²) in [5, 5.41) is 10.7. The van der Waals surface area contributed by atoms with Crippen molar-refractivity contribution in [3.63, 3.8) is 0 Å². The Morgan fingerprint density at radius 1 is 1.24 bits per heavy atom. The first kappa shape index (κ1) is 15.2. The molecule has 0 amide bonds.